The van der Waals surface area contributed by atoms with E-state index in [1.807, 2.05) is 31.2 Å². The Balaban J connectivity index is 1.59. The van der Waals surface area contributed by atoms with Gasteiger partial charge in [0, 0.05) is 5.56 Å². The fourth-order valence-corrected chi connectivity index (χ4v) is 3.32. The largest absolute Gasteiger partial charge is 0.493 e. The van der Waals surface area contributed by atoms with Gasteiger partial charge in [0.25, 0.3) is 0 Å². The zero-order valence-electron chi connectivity index (χ0n) is 17.3. The first-order chi connectivity index (χ1) is 15.4. The monoisotopic (exact) mass is 447 g/mol. The van der Waals surface area contributed by atoms with E-state index in [1.165, 1.54) is 7.11 Å². The molecule has 0 aromatic heterocycles. The topological polar surface area (TPSA) is 74.2 Å². The van der Waals surface area contributed by atoms with E-state index in [2.05, 4.69) is 4.99 Å². The number of aryl methyl sites for hydroxylation is 1. The van der Waals surface area contributed by atoms with Crippen LogP contribution in [0, 0.1) is 6.92 Å². The first-order valence-electron chi connectivity index (χ1n) is 9.69. The number of methoxy groups -OCH3 is 1. The molecular weight excluding hydrogens is 430 g/mol. The maximum Gasteiger partial charge on any atom is 0.363 e. The Hall–Kier alpha value is -3.90. The van der Waals surface area contributed by atoms with Crippen molar-refractivity contribution < 1.29 is 23.8 Å². The molecule has 0 unspecified atom stereocenters. The van der Waals surface area contributed by atoms with Crippen LogP contribution >= 0.6 is 11.6 Å². The van der Waals surface area contributed by atoms with E-state index in [9.17, 15) is 9.59 Å². The number of aliphatic imine (C=N–C) groups is 1. The van der Waals surface area contributed by atoms with Gasteiger partial charge in [0.15, 0.2) is 17.2 Å². The standard InChI is InChI=1S/C25H18ClNO5/c1-15-6-5-7-17(12-15)23-27-20(25(29)32-23)13-16-10-11-21(22(14-16)30-2)31-24(28)18-8-3-4-9-19(18)26/h3-14H,1-2H3. The smallest absolute Gasteiger partial charge is 0.363 e. The molecule has 32 heavy (non-hydrogen) atoms. The van der Waals surface area contributed by atoms with E-state index in [-0.39, 0.29) is 22.9 Å². The molecule has 0 aliphatic carbocycles. The van der Waals surface area contributed by atoms with Crippen molar-refractivity contribution in [2.24, 2.45) is 4.99 Å². The van der Waals surface area contributed by atoms with Crippen molar-refractivity contribution >= 4 is 35.5 Å². The molecule has 1 aliphatic heterocycles. The zero-order valence-corrected chi connectivity index (χ0v) is 18.1. The molecule has 0 radical (unpaired) electrons. The number of benzene rings is 3. The highest BCUT2D eigenvalue weighted by Crippen LogP contribution is 2.31. The van der Waals surface area contributed by atoms with Crippen molar-refractivity contribution in [1.29, 1.82) is 0 Å². The molecule has 3 aromatic carbocycles. The van der Waals surface area contributed by atoms with Gasteiger partial charge in [-0.1, -0.05) is 47.5 Å². The number of cyclic esters (lactones) is 1. The van der Waals surface area contributed by atoms with E-state index in [4.69, 9.17) is 25.8 Å². The predicted molar refractivity (Wildman–Crippen MR) is 121 cm³/mol. The van der Waals surface area contributed by atoms with Crippen LogP contribution in [0.5, 0.6) is 11.5 Å². The Morgan fingerprint density at radius 1 is 1.03 bits per heavy atom. The lowest BCUT2D eigenvalue weighted by Crippen LogP contribution is -2.09. The lowest BCUT2D eigenvalue weighted by molar-refractivity contribution is -0.129. The van der Waals surface area contributed by atoms with E-state index in [0.29, 0.717) is 16.3 Å². The maximum atomic E-state index is 12.5. The van der Waals surface area contributed by atoms with Gasteiger partial charge in [-0.3, -0.25) is 0 Å². The molecule has 3 aromatic rings. The molecule has 0 spiro atoms. The molecule has 0 saturated carbocycles. The third-order valence-corrected chi connectivity index (χ3v) is 5.00. The highest BCUT2D eigenvalue weighted by Gasteiger charge is 2.24. The van der Waals surface area contributed by atoms with Crippen LogP contribution in [-0.2, 0) is 9.53 Å². The maximum absolute atomic E-state index is 12.5. The SMILES string of the molecule is COc1cc(C=C2N=C(c3cccc(C)c3)OC2=O)ccc1OC(=O)c1ccccc1Cl. The molecule has 1 aliphatic rings. The van der Waals surface area contributed by atoms with E-state index < -0.39 is 11.9 Å². The molecule has 7 heteroatoms. The van der Waals surface area contributed by atoms with Crippen LogP contribution in [0.4, 0.5) is 0 Å². The lowest BCUT2D eigenvalue weighted by atomic mass is 10.1. The molecule has 0 bridgehead atoms. The second kappa shape index (κ2) is 9.08. The van der Waals surface area contributed by atoms with Crippen molar-refractivity contribution in [3.63, 3.8) is 0 Å². The summed E-state index contributed by atoms with van der Waals surface area (Å²) < 4.78 is 16.1. The van der Waals surface area contributed by atoms with Gasteiger partial charge >= 0.3 is 11.9 Å². The predicted octanol–water partition coefficient (Wildman–Crippen LogP) is 5.22. The highest BCUT2D eigenvalue weighted by atomic mass is 35.5. The molecule has 160 valence electrons. The molecule has 4 rings (SSSR count). The Morgan fingerprint density at radius 3 is 2.59 bits per heavy atom. The van der Waals surface area contributed by atoms with Gasteiger partial charge in [-0.25, -0.2) is 14.6 Å². The summed E-state index contributed by atoms with van der Waals surface area (Å²) in [5, 5.41) is 0.292. The molecule has 0 saturated heterocycles. The fourth-order valence-electron chi connectivity index (χ4n) is 3.11. The van der Waals surface area contributed by atoms with Gasteiger partial charge < -0.3 is 14.2 Å². The van der Waals surface area contributed by atoms with Crippen molar-refractivity contribution in [1.82, 2.24) is 0 Å². The third kappa shape index (κ3) is 4.55. The van der Waals surface area contributed by atoms with Gasteiger partial charge in [-0.15, -0.1) is 0 Å². The number of carbonyl (C=O) groups is 2. The van der Waals surface area contributed by atoms with Crippen molar-refractivity contribution in [2.45, 2.75) is 6.92 Å². The lowest BCUT2D eigenvalue weighted by Gasteiger charge is -2.10. The number of ether oxygens (including phenoxy) is 3. The average Bonchev–Trinajstić information content (AvgIpc) is 3.15. The minimum absolute atomic E-state index is 0.157. The summed E-state index contributed by atoms with van der Waals surface area (Å²) >= 11 is 6.06. The van der Waals surface area contributed by atoms with E-state index >= 15 is 0 Å². The number of carbonyl (C=O) groups excluding carboxylic acids is 2. The minimum Gasteiger partial charge on any atom is -0.493 e. The summed E-state index contributed by atoms with van der Waals surface area (Å²) in [6.07, 6.45) is 1.58. The molecule has 0 atom stereocenters. The molecule has 0 fully saturated rings. The Labute approximate surface area is 189 Å². The summed E-state index contributed by atoms with van der Waals surface area (Å²) in [6.45, 7) is 1.95. The molecule has 6 nitrogen and oxygen atoms in total. The van der Waals surface area contributed by atoms with Gasteiger partial charge in [0.1, 0.15) is 0 Å². The van der Waals surface area contributed by atoms with Crippen LogP contribution in [0.15, 0.2) is 77.4 Å². The van der Waals surface area contributed by atoms with Crippen molar-refractivity contribution in [2.75, 3.05) is 7.11 Å². The van der Waals surface area contributed by atoms with Gasteiger partial charge in [0.05, 0.1) is 17.7 Å². The summed E-state index contributed by atoms with van der Waals surface area (Å²) in [5.41, 5.74) is 2.78. The Kier molecular flexibility index (Phi) is 6.05. The Morgan fingerprint density at radius 2 is 1.84 bits per heavy atom. The number of esters is 2. The quantitative estimate of drug-likeness (QED) is 0.304. The first-order valence-corrected chi connectivity index (χ1v) is 10.1. The van der Waals surface area contributed by atoms with Crippen LogP contribution in [0.25, 0.3) is 6.08 Å². The van der Waals surface area contributed by atoms with Crippen molar-refractivity contribution in [3.8, 4) is 11.5 Å². The normalized spacial score (nSPS) is 14.2. The fraction of sp³-hybridized carbons (Fsp3) is 0.0800. The van der Waals surface area contributed by atoms with Crippen LogP contribution in [0.1, 0.15) is 27.0 Å². The first kappa shape index (κ1) is 21.3. The summed E-state index contributed by atoms with van der Waals surface area (Å²) in [6, 6.07) is 19.0. The van der Waals surface area contributed by atoms with Crippen LogP contribution in [0.2, 0.25) is 5.02 Å². The van der Waals surface area contributed by atoms with E-state index in [1.54, 1.807) is 48.5 Å². The van der Waals surface area contributed by atoms with E-state index in [0.717, 1.165) is 11.1 Å². The summed E-state index contributed by atoms with van der Waals surface area (Å²) in [7, 11) is 1.46. The Bertz CT molecular complexity index is 1280. The number of nitrogens with zero attached hydrogens (tertiary/aromatic N) is 1. The van der Waals surface area contributed by atoms with Gasteiger partial charge in [0.2, 0.25) is 5.90 Å². The number of rotatable bonds is 5. The van der Waals surface area contributed by atoms with Crippen LogP contribution in [0.3, 0.4) is 0 Å². The highest BCUT2D eigenvalue weighted by molar-refractivity contribution is 6.33. The number of hydrogen-bond acceptors (Lipinski definition) is 6. The average molecular weight is 448 g/mol. The summed E-state index contributed by atoms with van der Waals surface area (Å²) in [5.74, 6) is -0.366. The third-order valence-electron chi connectivity index (χ3n) is 4.67. The second-order valence-corrected chi connectivity index (χ2v) is 7.39. The van der Waals surface area contributed by atoms with Gasteiger partial charge in [-0.2, -0.15) is 0 Å². The minimum atomic E-state index is -0.605. The summed E-state index contributed by atoms with van der Waals surface area (Å²) in [4.78, 5) is 29.1. The molecular formula is C25H18ClNO5. The van der Waals surface area contributed by atoms with Crippen molar-refractivity contribution in [3.05, 3.63) is 99.7 Å². The second-order valence-electron chi connectivity index (χ2n) is 6.99. The number of halogens is 1. The van der Waals surface area contributed by atoms with Crippen LogP contribution in [-0.4, -0.2) is 24.9 Å². The van der Waals surface area contributed by atoms with Gasteiger partial charge in [-0.05, 0) is 55.0 Å². The zero-order chi connectivity index (χ0) is 22.7. The molecule has 0 amide bonds. The van der Waals surface area contributed by atoms with Crippen LogP contribution < -0.4 is 9.47 Å². The number of hydrogen-bond donors (Lipinski definition) is 0. The molecule has 1 heterocycles. The molecule has 0 N–H and O–H groups in total.